The minimum Gasteiger partial charge on any atom is -0.550 e. The molecule has 0 saturated heterocycles. The van der Waals surface area contributed by atoms with Crippen molar-refractivity contribution in [2.75, 3.05) is 6.16 Å². The highest BCUT2D eigenvalue weighted by Crippen LogP contribution is 2.45. The van der Waals surface area contributed by atoms with Crippen LogP contribution in [0.3, 0.4) is 0 Å². The summed E-state index contributed by atoms with van der Waals surface area (Å²) in [6, 6.07) is 0. The second-order valence-corrected chi connectivity index (χ2v) is 9.46. The summed E-state index contributed by atoms with van der Waals surface area (Å²) in [6.07, 6.45) is 2.26. The number of hydrogen-bond acceptors (Lipinski definition) is 2. The average molecular weight is 275 g/mol. The first-order chi connectivity index (χ1) is 7.71. The van der Waals surface area contributed by atoms with Gasteiger partial charge >= 0.3 is 8.03 Å². The summed E-state index contributed by atoms with van der Waals surface area (Å²) in [4.78, 5) is 9.08. The van der Waals surface area contributed by atoms with Gasteiger partial charge in [-0.25, -0.2) is 0 Å². The second-order valence-electron chi connectivity index (χ2n) is 6.10. The summed E-state index contributed by atoms with van der Waals surface area (Å²) >= 11 is 0. The molecule has 98 valence electrons. The van der Waals surface area contributed by atoms with E-state index in [0.717, 1.165) is 24.2 Å². The third-order valence-electron chi connectivity index (χ3n) is 3.13. The fourth-order valence-corrected chi connectivity index (χ4v) is 3.86. The fourth-order valence-electron chi connectivity index (χ4n) is 2.39. The molecule has 0 radical (unpaired) electrons. The largest absolute Gasteiger partial charge is 0.550 e. The molecular weight excluding hydrogens is 251 g/mol. The fraction of sp³-hybridized carbons (Fsp3) is 0.833. The first-order valence-electron chi connectivity index (χ1n) is 6.24. The molecule has 17 heavy (non-hydrogen) atoms. The smallest absolute Gasteiger partial charge is 0.510 e. The summed E-state index contributed by atoms with van der Waals surface area (Å²) < 4.78 is 17.1. The van der Waals surface area contributed by atoms with Gasteiger partial charge in [-0.1, -0.05) is 20.8 Å². The van der Waals surface area contributed by atoms with Gasteiger partial charge in [0, 0.05) is 11.5 Å². The standard InChI is InChI=1S/C12H23O3PSi/c1-12(2,3)10-7-6-9(8-16(13)14)11(10)15-17(4)5/h10,17H,6-8H2,1-5H3/p+1. The predicted octanol–water partition coefficient (Wildman–Crippen LogP) is 3.43. The molecule has 0 fully saturated rings. The molecule has 2 unspecified atom stereocenters. The lowest BCUT2D eigenvalue weighted by molar-refractivity contribution is 0.217. The van der Waals surface area contributed by atoms with Crippen molar-refractivity contribution in [2.24, 2.45) is 11.3 Å². The molecule has 1 aliphatic rings. The topological polar surface area (TPSA) is 46.5 Å². The molecule has 0 aromatic heterocycles. The van der Waals surface area contributed by atoms with Crippen molar-refractivity contribution in [1.29, 1.82) is 0 Å². The zero-order valence-corrected chi connectivity index (χ0v) is 13.5. The Hall–Kier alpha value is -0.183. The highest BCUT2D eigenvalue weighted by atomic mass is 31.1. The van der Waals surface area contributed by atoms with E-state index < -0.39 is 17.1 Å². The number of hydrogen-bond donors (Lipinski definition) is 1. The molecule has 5 heteroatoms. The summed E-state index contributed by atoms with van der Waals surface area (Å²) in [5.74, 6) is 1.44. The van der Waals surface area contributed by atoms with Gasteiger partial charge in [-0.2, -0.15) is 4.89 Å². The van der Waals surface area contributed by atoms with Crippen LogP contribution in [0.5, 0.6) is 0 Å². The van der Waals surface area contributed by atoms with Crippen molar-refractivity contribution in [3.63, 3.8) is 0 Å². The summed E-state index contributed by atoms with van der Waals surface area (Å²) in [5.41, 5.74) is 1.25. The molecule has 0 amide bonds. The van der Waals surface area contributed by atoms with E-state index in [1.165, 1.54) is 0 Å². The lowest BCUT2D eigenvalue weighted by atomic mass is 9.79. The molecule has 2 atom stereocenters. The Kier molecular flexibility index (Phi) is 4.93. The van der Waals surface area contributed by atoms with Crippen LogP contribution in [0.25, 0.3) is 0 Å². The predicted molar refractivity (Wildman–Crippen MR) is 73.9 cm³/mol. The van der Waals surface area contributed by atoms with Crippen LogP contribution < -0.4 is 0 Å². The first kappa shape index (κ1) is 14.9. The Morgan fingerprint density at radius 2 is 2.06 bits per heavy atom. The van der Waals surface area contributed by atoms with Crippen LogP contribution in [-0.2, 0) is 8.99 Å². The maximum atomic E-state index is 11.0. The Morgan fingerprint density at radius 1 is 1.47 bits per heavy atom. The molecule has 1 aliphatic carbocycles. The lowest BCUT2D eigenvalue weighted by Gasteiger charge is -2.30. The second kappa shape index (κ2) is 5.64. The third kappa shape index (κ3) is 4.20. The van der Waals surface area contributed by atoms with Gasteiger partial charge in [0.1, 0.15) is 0 Å². The first-order valence-corrected chi connectivity index (χ1v) is 10.4. The van der Waals surface area contributed by atoms with Gasteiger partial charge in [-0.3, -0.25) is 0 Å². The van der Waals surface area contributed by atoms with Gasteiger partial charge < -0.3 is 4.43 Å². The van der Waals surface area contributed by atoms with Gasteiger partial charge in [0.05, 0.1) is 5.76 Å². The highest BCUT2D eigenvalue weighted by molar-refractivity contribution is 7.38. The van der Waals surface area contributed by atoms with Gasteiger partial charge in [0.2, 0.25) is 15.2 Å². The van der Waals surface area contributed by atoms with E-state index in [9.17, 15) is 4.57 Å². The van der Waals surface area contributed by atoms with Crippen LogP contribution in [0.1, 0.15) is 33.6 Å². The minimum atomic E-state index is -2.09. The monoisotopic (exact) mass is 275 g/mol. The normalized spacial score (nSPS) is 22.3. The molecule has 0 saturated carbocycles. The van der Waals surface area contributed by atoms with Gasteiger partial charge in [0.25, 0.3) is 0 Å². The average Bonchev–Trinajstić information content (AvgIpc) is 2.45. The lowest BCUT2D eigenvalue weighted by Crippen LogP contribution is -2.23. The van der Waals surface area contributed by atoms with Crippen LogP contribution in [0.2, 0.25) is 13.1 Å². The molecule has 0 aromatic rings. The van der Waals surface area contributed by atoms with E-state index >= 15 is 0 Å². The van der Waals surface area contributed by atoms with E-state index in [-0.39, 0.29) is 5.41 Å². The molecular formula is C12H24O3PSi+. The molecule has 0 aliphatic heterocycles. The van der Waals surface area contributed by atoms with Crippen molar-refractivity contribution in [3.05, 3.63) is 11.3 Å². The maximum Gasteiger partial charge on any atom is 0.510 e. The van der Waals surface area contributed by atoms with Crippen LogP contribution in [-0.4, -0.2) is 20.1 Å². The highest BCUT2D eigenvalue weighted by Gasteiger charge is 2.38. The number of rotatable bonds is 4. The van der Waals surface area contributed by atoms with Crippen LogP contribution in [0.15, 0.2) is 11.3 Å². The Bertz CT molecular complexity index is 331. The Labute approximate surface area is 107 Å². The van der Waals surface area contributed by atoms with Gasteiger partial charge in [0.15, 0.2) is 0 Å². The van der Waals surface area contributed by atoms with Crippen molar-refractivity contribution < 1.29 is 13.9 Å². The van der Waals surface area contributed by atoms with E-state index in [1.54, 1.807) is 0 Å². The van der Waals surface area contributed by atoms with Crippen molar-refractivity contribution in [3.8, 4) is 0 Å². The van der Waals surface area contributed by atoms with E-state index in [1.807, 2.05) is 0 Å². The number of allylic oxidation sites excluding steroid dienone is 2. The molecule has 3 nitrogen and oxygen atoms in total. The van der Waals surface area contributed by atoms with Crippen LogP contribution in [0.4, 0.5) is 0 Å². The SMILES string of the molecule is C[SiH](C)OC1=C(C[P+](=O)O)CCC1C(C)(C)C. The third-order valence-corrected chi connectivity index (χ3v) is 4.51. The van der Waals surface area contributed by atoms with Gasteiger partial charge in [-0.05, 0) is 35.9 Å². The maximum absolute atomic E-state index is 11.0. The molecule has 1 rings (SSSR count). The quantitative estimate of drug-likeness (QED) is 0.631. The minimum absolute atomic E-state index is 0.168. The Morgan fingerprint density at radius 3 is 2.47 bits per heavy atom. The van der Waals surface area contributed by atoms with Crippen LogP contribution >= 0.6 is 8.03 Å². The van der Waals surface area contributed by atoms with E-state index in [2.05, 4.69) is 33.9 Å². The molecule has 1 N–H and O–H groups in total. The van der Waals surface area contributed by atoms with Crippen LogP contribution in [0, 0.1) is 11.3 Å². The zero-order chi connectivity index (χ0) is 13.2. The summed E-state index contributed by atoms with van der Waals surface area (Å²) in [5, 5.41) is 0. The van der Waals surface area contributed by atoms with Gasteiger partial charge in [-0.15, -0.1) is 0 Å². The molecule has 0 spiro atoms. The van der Waals surface area contributed by atoms with Crippen molar-refractivity contribution >= 4 is 17.1 Å². The zero-order valence-electron chi connectivity index (χ0n) is 11.5. The summed E-state index contributed by atoms with van der Waals surface area (Å²) in [7, 11) is -3.24. The molecule has 0 heterocycles. The van der Waals surface area contributed by atoms with E-state index in [0.29, 0.717) is 12.1 Å². The Balaban J connectivity index is 2.96. The van der Waals surface area contributed by atoms with E-state index in [4.69, 9.17) is 9.32 Å². The summed E-state index contributed by atoms with van der Waals surface area (Å²) in [6.45, 7) is 10.9. The van der Waals surface area contributed by atoms with Crippen molar-refractivity contribution in [2.45, 2.75) is 46.7 Å². The van der Waals surface area contributed by atoms with Crippen molar-refractivity contribution in [1.82, 2.24) is 0 Å². The molecule has 0 aromatic carbocycles. The molecule has 0 bridgehead atoms.